The Morgan fingerprint density at radius 3 is 1.63 bits per heavy atom. The van der Waals surface area contributed by atoms with Gasteiger partial charge in [0.25, 0.3) is 0 Å². The van der Waals surface area contributed by atoms with Crippen LogP contribution in [-0.4, -0.2) is 9.97 Å². The number of nitrogens with zero attached hydrogens (tertiary/aromatic N) is 3. The van der Waals surface area contributed by atoms with Crippen molar-refractivity contribution in [2.24, 2.45) is 0 Å². The van der Waals surface area contributed by atoms with Gasteiger partial charge in [-0.1, -0.05) is 208 Å². The first-order chi connectivity index (χ1) is 33.0. The van der Waals surface area contributed by atoms with E-state index < -0.39 is 5.41 Å². The molecule has 3 nitrogen and oxygen atoms in total. The standard InChI is InChI=1S/C64H45N3/c1-63(2)54-39-34-42-20-12-13-27-48(42)60(54)51-38-36-46(40-55(51)63)67(59-33-19-15-29-52(59)62-61(43-21-6-3-7-22-43)65-57-31-17-18-32-58(57)66-62)47-35-37-50-49-28-14-16-30-53(49)64(56(50)41-47,44-23-8-4-9-24-44)45-25-10-5-11-26-45/h3-41H,1-2H3. The zero-order chi connectivity index (χ0) is 44.7. The Hall–Kier alpha value is -8.40. The number of aromatic nitrogens is 2. The monoisotopic (exact) mass is 855 g/mol. The van der Waals surface area contributed by atoms with Crippen LogP contribution < -0.4 is 4.90 Å². The van der Waals surface area contributed by atoms with E-state index in [9.17, 15) is 0 Å². The van der Waals surface area contributed by atoms with E-state index in [-0.39, 0.29) is 5.41 Å². The highest BCUT2D eigenvalue weighted by molar-refractivity contribution is 6.03. The summed E-state index contributed by atoms with van der Waals surface area (Å²) in [5.74, 6) is 0. The summed E-state index contributed by atoms with van der Waals surface area (Å²) in [5, 5.41) is 2.55. The minimum atomic E-state index is -0.567. The van der Waals surface area contributed by atoms with E-state index in [1.54, 1.807) is 0 Å². The van der Waals surface area contributed by atoms with Gasteiger partial charge < -0.3 is 4.90 Å². The third kappa shape index (κ3) is 5.84. The molecule has 11 aromatic rings. The van der Waals surface area contributed by atoms with Gasteiger partial charge in [-0.15, -0.1) is 0 Å². The normalized spacial score (nSPS) is 13.8. The van der Waals surface area contributed by atoms with E-state index in [0.29, 0.717) is 0 Å². The van der Waals surface area contributed by atoms with E-state index in [1.807, 2.05) is 12.1 Å². The average molecular weight is 856 g/mol. The Kier molecular flexibility index (Phi) is 8.78. The van der Waals surface area contributed by atoms with Crippen molar-refractivity contribution < 1.29 is 0 Å². The molecule has 67 heavy (non-hydrogen) atoms. The van der Waals surface area contributed by atoms with Crippen LogP contribution in [0.1, 0.15) is 47.2 Å². The van der Waals surface area contributed by atoms with Gasteiger partial charge in [0.05, 0.1) is 33.5 Å². The SMILES string of the molecule is CC1(C)c2cc(N(c3ccc4c(c3)C(c3ccccc3)(c3ccccc3)c3ccccc3-4)c3ccccc3-c3nc4ccccc4nc3-c3ccccc3)ccc2-c2c1ccc1ccccc21. The van der Waals surface area contributed by atoms with E-state index in [2.05, 4.69) is 243 Å². The molecule has 316 valence electrons. The molecule has 0 fully saturated rings. The molecule has 3 heteroatoms. The van der Waals surface area contributed by atoms with Crippen LogP contribution in [0.25, 0.3) is 66.6 Å². The molecule has 0 saturated heterocycles. The van der Waals surface area contributed by atoms with Crippen molar-refractivity contribution in [1.29, 1.82) is 0 Å². The minimum absolute atomic E-state index is 0.241. The number of fused-ring (bicyclic) bond motifs is 9. The fourth-order valence-electron chi connectivity index (χ4n) is 11.5. The van der Waals surface area contributed by atoms with Crippen molar-refractivity contribution in [3.63, 3.8) is 0 Å². The van der Waals surface area contributed by atoms with Crippen LogP contribution in [0.15, 0.2) is 237 Å². The van der Waals surface area contributed by atoms with Crippen molar-refractivity contribution in [2.45, 2.75) is 24.7 Å². The zero-order valence-corrected chi connectivity index (χ0v) is 37.4. The number of rotatable bonds is 7. The number of para-hydroxylation sites is 3. The third-order valence-electron chi connectivity index (χ3n) is 14.5. The second kappa shape index (κ2) is 15.1. The van der Waals surface area contributed by atoms with Crippen molar-refractivity contribution in [2.75, 3.05) is 4.90 Å². The smallest absolute Gasteiger partial charge is 0.0994 e. The van der Waals surface area contributed by atoms with Gasteiger partial charge in [-0.05, 0) is 109 Å². The maximum absolute atomic E-state index is 5.49. The van der Waals surface area contributed by atoms with Crippen LogP contribution in [0.5, 0.6) is 0 Å². The zero-order valence-electron chi connectivity index (χ0n) is 37.4. The van der Waals surface area contributed by atoms with Gasteiger partial charge in [0.15, 0.2) is 0 Å². The maximum atomic E-state index is 5.49. The summed E-state index contributed by atoms with van der Waals surface area (Å²) in [6.07, 6.45) is 0. The molecule has 0 bridgehead atoms. The van der Waals surface area contributed by atoms with Gasteiger partial charge in [-0.3, -0.25) is 0 Å². The Labute approximate surface area is 391 Å². The largest absolute Gasteiger partial charge is 0.310 e. The summed E-state index contributed by atoms with van der Waals surface area (Å²) in [6, 6.07) is 86.3. The highest BCUT2D eigenvalue weighted by Crippen LogP contribution is 2.58. The third-order valence-corrected chi connectivity index (χ3v) is 14.5. The molecule has 2 aliphatic rings. The molecule has 0 amide bonds. The number of benzene rings is 10. The molecule has 10 aromatic carbocycles. The lowest BCUT2D eigenvalue weighted by Gasteiger charge is -2.35. The number of anilines is 3. The molecule has 0 saturated carbocycles. The van der Waals surface area contributed by atoms with E-state index in [4.69, 9.17) is 9.97 Å². The Morgan fingerprint density at radius 2 is 0.910 bits per heavy atom. The van der Waals surface area contributed by atoms with Crippen LogP contribution in [0, 0.1) is 0 Å². The molecule has 0 N–H and O–H groups in total. The second-order valence-corrected chi connectivity index (χ2v) is 18.4. The van der Waals surface area contributed by atoms with Gasteiger partial charge in [0.2, 0.25) is 0 Å². The summed E-state index contributed by atoms with van der Waals surface area (Å²) < 4.78 is 0. The highest BCUT2D eigenvalue weighted by atomic mass is 15.1. The molecule has 0 unspecified atom stereocenters. The fraction of sp³-hybridized carbons (Fsp3) is 0.0625. The summed E-state index contributed by atoms with van der Waals surface area (Å²) in [7, 11) is 0. The van der Waals surface area contributed by atoms with Crippen molar-refractivity contribution >= 4 is 38.9 Å². The molecule has 1 aromatic heterocycles. The molecule has 0 atom stereocenters. The number of hydrogen-bond acceptors (Lipinski definition) is 3. The quantitative estimate of drug-likeness (QED) is 0.160. The van der Waals surface area contributed by atoms with E-state index >= 15 is 0 Å². The topological polar surface area (TPSA) is 29.0 Å². The van der Waals surface area contributed by atoms with Gasteiger partial charge >= 0.3 is 0 Å². The lowest BCUT2D eigenvalue weighted by atomic mass is 9.67. The van der Waals surface area contributed by atoms with Crippen LogP contribution in [-0.2, 0) is 10.8 Å². The summed E-state index contributed by atoms with van der Waals surface area (Å²) in [4.78, 5) is 13.3. The summed E-state index contributed by atoms with van der Waals surface area (Å²) in [5.41, 5.74) is 20.6. The first-order valence-electron chi connectivity index (χ1n) is 23.2. The molecule has 0 spiro atoms. The molecular formula is C64H45N3. The second-order valence-electron chi connectivity index (χ2n) is 18.4. The number of hydrogen-bond donors (Lipinski definition) is 0. The van der Waals surface area contributed by atoms with Crippen LogP contribution in [0.4, 0.5) is 17.1 Å². The van der Waals surface area contributed by atoms with Gasteiger partial charge in [-0.2, -0.15) is 0 Å². The Bertz CT molecular complexity index is 3690. The van der Waals surface area contributed by atoms with Crippen molar-refractivity contribution in [3.05, 3.63) is 270 Å². The Balaban J connectivity index is 1.10. The van der Waals surface area contributed by atoms with E-state index in [0.717, 1.165) is 50.6 Å². The fourth-order valence-corrected chi connectivity index (χ4v) is 11.5. The van der Waals surface area contributed by atoms with Crippen LogP contribution in [0.2, 0.25) is 0 Å². The predicted octanol–water partition coefficient (Wildman–Crippen LogP) is 16.3. The molecule has 0 aliphatic heterocycles. The Morgan fingerprint density at radius 1 is 0.373 bits per heavy atom. The average Bonchev–Trinajstić information content (AvgIpc) is 3.82. The van der Waals surface area contributed by atoms with Crippen molar-refractivity contribution in [1.82, 2.24) is 9.97 Å². The van der Waals surface area contributed by atoms with E-state index in [1.165, 1.54) is 66.4 Å². The highest BCUT2D eigenvalue weighted by Gasteiger charge is 2.46. The molecular weight excluding hydrogens is 811 g/mol. The summed E-state index contributed by atoms with van der Waals surface area (Å²) in [6.45, 7) is 4.76. The van der Waals surface area contributed by atoms with Crippen LogP contribution >= 0.6 is 0 Å². The molecule has 2 aliphatic carbocycles. The molecule has 13 rings (SSSR count). The lowest BCUT2D eigenvalue weighted by Crippen LogP contribution is -2.28. The van der Waals surface area contributed by atoms with Crippen molar-refractivity contribution in [3.8, 4) is 44.8 Å². The lowest BCUT2D eigenvalue weighted by molar-refractivity contribution is 0.661. The predicted molar refractivity (Wildman–Crippen MR) is 277 cm³/mol. The molecule has 1 heterocycles. The first-order valence-corrected chi connectivity index (χ1v) is 23.2. The van der Waals surface area contributed by atoms with Gasteiger partial charge in [0, 0.05) is 27.9 Å². The van der Waals surface area contributed by atoms with Gasteiger partial charge in [0.1, 0.15) is 0 Å². The molecule has 0 radical (unpaired) electrons. The maximum Gasteiger partial charge on any atom is 0.0994 e. The first kappa shape index (κ1) is 39.0. The van der Waals surface area contributed by atoms with Gasteiger partial charge in [-0.25, -0.2) is 9.97 Å². The summed E-state index contributed by atoms with van der Waals surface area (Å²) >= 11 is 0. The van der Waals surface area contributed by atoms with Crippen LogP contribution in [0.3, 0.4) is 0 Å². The minimum Gasteiger partial charge on any atom is -0.310 e.